The van der Waals surface area contributed by atoms with E-state index in [0.717, 1.165) is 22.4 Å². The van der Waals surface area contributed by atoms with Crippen LogP contribution in [0.2, 0.25) is 5.02 Å². The number of pyridine rings is 1. The van der Waals surface area contributed by atoms with Crippen molar-refractivity contribution in [1.82, 2.24) is 4.98 Å². The summed E-state index contributed by atoms with van der Waals surface area (Å²) in [5.74, 6) is 0. The van der Waals surface area contributed by atoms with Crippen molar-refractivity contribution >= 4 is 17.3 Å². The van der Waals surface area contributed by atoms with Gasteiger partial charge in [-0.05, 0) is 24.3 Å². The van der Waals surface area contributed by atoms with Crippen LogP contribution < -0.4 is 0 Å². The van der Waals surface area contributed by atoms with Gasteiger partial charge < -0.3 is 0 Å². The maximum atomic E-state index is 10.8. The highest BCUT2D eigenvalue weighted by Crippen LogP contribution is 2.34. The predicted molar refractivity (Wildman–Crippen MR) is 86.8 cm³/mol. The smallest absolute Gasteiger partial charge is 0.258 e. The molecule has 2 aromatic carbocycles. The maximum Gasteiger partial charge on any atom is 0.269 e. The summed E-state index contributed by atoms with van der Waals surface area (Å²) in [7, 11) is 0. The van der Waals surface area contributed by atoms with E-state index in [0.29, 0.717) is 5.02 Å². The number of nitro benzene ring substituents is 1. The van der Waals surface area contributed by atoms with E-state index >= 15 is 0 Å². The highest BCUT2D eigenvalue weighted by molar-refractivity contribution is 6.33. The summed E-state index contributed by atoms with van der Waals surface area (Å²) in [6, 6.07) is 17.6. The molecule has 22 heavy (non-hydrogen) atoms. The number of benzene rings is 2. The van der Waals surface area contributed by atoms with Crippen molar-refractivity contribution in [2.24, 2.45) is 0 Å². The quantitative estimate of drug-likeness (QED) is 0.506. The Labute approximate surface area is 132 Å². The van der Waals surface area contributed by atoms with Crippen LogP contribution in [0, 0.1) is 10.1 Å². The molecule has 0 spiro atoms. The Kier molecular flexibility index (Phi) is 3.85. The number of aromatic nitrogens is 1. The molecule has 0 radical (unpaired) electrons. The van der Waals surface area contributed by atoms with Crippen molar-refractivity contribution in [1.29, 1.82) is 0 Å². The first-order valence-electron chi connectivity index (χ1n) is 6.61. The number of rotatable bonds is 3. The number of nitrogens with zero attached hydrogens (tertiary/aromatic N) is 2. The molecule has 0 saturated heterocycles. The minimum atomic E-state index is -0.419. The van der Waals surface area contributed by atoms with Gasteiger partial charge in [-0.25, -0.2) is 0 Å². The number of halogens is 1. The van der Waals surface area contributed by atoms with Crippen LogP contribution in [0.1, 0.15) is 0 Å². The van der Waals surface area contributed by atoms with Gasteiger partial charge in [0.25, 0.3) is 5.69 Å². The summed E-state index contributed by atoms with van der Waals surface area (Å²) in [5.41, 5.74) is 3.37. The molecule has 3 aromatic rings. The van der Waals surface area contributed by atoms with Gasteiger partial charge in [-0.15, -0.1) is 0 Å². The van der Waals surface area contributed by atoms with Crippen molar-refractivity contribution in [3.05, 3.63) is 82.0 Å². The zero-order chi connectivity index (χ0) is 15.5. The highest BCUT2D eigenvalue weighted by Gasteiger charge is 2.12. The second-order valence-electron chi connectivity index (χ2n) is 4.68. The third-order valence-corrected chi connectivity index (χ3v) is 3.65. The Morgan fingerprint density at radius 2 is 1.59 bits per heavy atom. The van der Waals surface area contributed by atoms with Gasteiger partial charge in [0.2, 0.25) is 0 Å². The van der Waals surface area contributed by atoms with Crippen molar-refractivity contribution in [3.8, 4) is 22.4 Å². The summed E-state index contributed by atoms with van der Waals surface area (Å²) in [6.45, 7) is 0. The third kappa shape index (κ3) is 2.69. The Hall–Kier alpha value is -2.72. The van der Waals surface area contributed by atoms with Gasteiger partial charge in [-0.3, -0.25) is 15.1 Å². The van der Waals surface area contributed by atoms with E-state index in [9.17, 15) is 10.1 Å². The van der Waals surface area contributed by atoms with Crippen LogP contribution in [-0.2, 0) is 0 Å². The van der Waals surface area contributed by atoms with Crippen LogP contribution in [0.25, 0.3) is 22.4 Å². The Morgan fingerprint density at radius 3 is 2.27 bits per heavy atom. The van der Waals surface area contributed by atoms with E-state index < -0.39 is 4.92 Å². The first-order valence-corrected chi connectivity index (χ1v) is 6.99. The fraction of sp³-hybridized carbons (Fsp3) is 0. The van der Waals surface area contributed by atoms with Gasteiger partial charge in [0.05, 0.1) is 10.6 Å². The minimum absolute atomic E-state index is 0.0546. The highest BCUT2D eigenvalue weighted by atomic mass is 35.5. The monoisotopic (exact) mass is 310 g/mol. The average molecular weight is 311 g/mol. The van der Waals surface area contributed by atoms with Gasteiger partial charge in [0.15, 0.2) is 0 Å². The van der Waals surface area contributed by atoms with Crippen LogP contribution in [0.3, 0.4) is 0 Å². The third-order valence-electron chi connectivity index (χ3n) is 3.32. The van der Waals surface area contributed by atoms with Crippen LogP contribution >= 0.6 is 11.6 Å². The standard InChI is InChI=1S/C17H11ClN2O2/c18-16-6-2-1-4-14(16)15-5-3-11-19-17(15)12-7-9-13(10-8-12)20(21)22/h1-11H. The number of hydrogen-bond acceptors (Lipinski definition) is 3. The van der Waals surface area contributed by atoms with Gasteiger partial charge in [-0.2, -0.15) is 0 Å². The summed E-state index contributed by atoms with van der Waals surface area (Å²) in [6.07, 6.45) is 1.69. The van der Waals surface area contributed by atoms with Gasteiger partial charge in [0, 0.05) is 40.0 Å². The van der Waals surface area contributed by atoms with E-state index in [1.54, 1.807) is 18.3 Å². The van der Waals surface area contributed by atoms with Crippen molar-refractivity contribution in [2.45, 2.75) is 0 Å². The van der Waals surface area contributed by atoms with Crippen molar-refractivity contribution in [2.75, 3.05) is 0 Å². The van der Waals surface area contributed by atoms with E-state index in [2.05, 4.69) is 4.98 Å². The van der Waals surface area contributed by atoms with Gasteiger partial charge >= 0.3 is 0 Å². The molecule has 0 aliphatic heterocycles. The van der Waals surface area contributed by atoms with E-state index in [4.69, 9.17) is 11.6 Å². The first kappa shape index (κ1) is 14.2. The Bertz CT molecular complexity index is 832. The van der Waals surface area contributed by atoms with E-state index in [-0.39, 0.29) is 5.69 Å². The molecule has 0 N–H and O–H groups in total. The summed E-state index contributed by atoms with van der Waals surface area (Å²) in [5, 5.41) is 11.4. The summed E-state index contributed by atoms with van der Waals surface area (Å²) in [4.78, 5) is 14.7. The average Bonchev–Trinajstić information content (AvgIpc) is 2.55. The SMILES string of the molecule is O=[N+]([O-])c1ccc(-c2ncccc2-c2ccccc2Cl)cc1. The molecular formula is C17H11ClN2O2. The Balaban J connectivity index is 2.13. The molecule has 0 amide bonds. The predicted octanol–water partition coefficient (Wildman–Crippen LogP) is 4.98. The van der Waals surface area contributed by atoms with Gasteiger partial charge in [0.1, 0.15) is 0 Å². The van der Waals surface area contributed by atoms with E-state index in [1.165, 1.54) is 12.1 Å². The molecule has 0 fully saturated rings. The molecule has 4 nitrogen and oxygen atoms in total. The lowest BCUT2D eigenvalue weighted by Crippen LogP contribution is -1.91. The van der Waals surface area contributed by atoms with Crippen LogP contribution in [0.4, 0.5) is 5.69 Å². The first-order chi connectivity index (χ1) is 10.7. The lowest BCUT2D eigenvalue weighted by molar-refractivity contribution is -0.384. The largest absolute Gasteiger partial charge is 0.269 e. The Morgan fingerprint density at radius 1 is 0.909 bits per heavy atom. The molecule has 5 heteroatoms. The van der Waals surface area contributed by atoms with Crippen LogP contribution in [0.15, 0.2) is 66.9 Å². The molecule has 0 aliphatic carbocycles. The molecule has 1 aromatic heterocycles. The van der Waals surface area contributed by atoms with Crippen LogP contribution in [0.5, 0.6) is 0 Å². The normalized spacial score (nSPS) is 10.4. The fourth-order valence-corrected chi connectivity index (χ4v) is 2.51. The number of hydrogen-bond donors (Lipinski definition) is 0. The zero-order valence-electron chi connectivity index (χ0n) is 11.4. The molecule has 108 valence electrons. The van der Waals surface area contributed by atoms with E-state index in [1.807, 2.05) is 36.4 Å². The van der Waals surface area contributed by atoms with Crippen LogP contribution in [-0.4, -0.2) is 9.91 Å². The number of nitro groups is 1. The summed E-state index contributed by atoms with van der Waals surface area (Å²) >= 11 is 6.27. The van der Waals surface area contributed by atoms with Crippen molar-refractivity contribution < 1.29 is 4.92 Å². The van der Waals surface area contributed by atoms with Gasteiger partial charge in [-0.1, -0.05) is 35.9 Å². The van der Waals surface area contributed by atoms with Crippen molar-refractivity contribution in [3.63, 3.8) is 0 Å². The second-order valence-corrected chi connectivity index (χ2v) is 5.09. The minimum Gasteiger partial charge on any atom is -0.258 e. The molecule has 3 rings (SSSR count). The molecule has 0 bridgehead atoms. The fourth-order valence-electron chi connectivity index (χ4n) is 2.27. The lowest BCUT2D eigenvalue weighted by Gasteiger charge is -2.10. The maximum absolute atomic E-state index is 10.8. The topological polar surface area (TPSA) is 56.0 Å². The zero-order valence-corrected chi connectivity index (χ0v) is 12.2. The molecule has 0 saturated carbocycles. The molecule has 0 atom stereocenters. The summed E-state index contributed by atoms with van der Waals surface area (Å²) < 4.78 is 0. The second kappa shape index (κ2) is 5.95. The lowest BCUT2D eigenvalue weighted by atomic mass is 9.99. The molecule has 1 heterocycles. The molecule has 0 aliphatic rings. The molecular weight excluding hydrogens is 300 g/mol. The molecule has 0 unspecified atom stereocenters. The number of non-ortho nitro benzene ring substituents is 1.